The van der Waals surface area contributed by atoms with E-state index in [1.807, 2.05) is 18.2 Å². The number of aromatic nitrogens is 2. The van der Waals surface area contributed by atoms with E-state index in [0.717, 1.165) is 18.9 Å². The molecule has 0 N–H and O–H groups in total. The van der Waals surface area contributed by atoms with Crippen molar-refractivity contribution in [2.45, 2.75) is 6.54 Å². The Hall–Kier alpha value is -1.65. The van der Waals surface area contributed by atoms with Gasteiger partial charge in [-0.25, -0.2) is 9.97 Å². The lowest BCUT2D eigenvalue weighted by Gasteiger charge is -2.23. The Morgan fingerprint density at radius 2 is 2.00 bits per heavy atom. The average molecular weight is 278 g/mol. The molecule has 5 heteroatoms. The summed E-state index contributed by atoms with van der Waals surface area (Å²) >= 11 is 5.92. The second-order valence-electron chi connectivity index (χ2n) is 4.10. The van der Waals surface area contributed by atoms with Gasteiger partial charge < -0.3 is 9.64 Å². The fourth-order valence-corrected chi connectivity index (χ4v) is 1.92. The first kappa shape index (κ1) is 13.8. The molecule has 2 rings (SSSR count). The highest BCUT2D eigenvalue weighted by Crippen LogP contribution is 2.16. The number of anilines is 1. The van der Waals surface area contributed by atoms with Gasteiger partial charge in [-0.1, -0.05) is 41.9 Å². The molecule has 0 aliphatic heterocycles. The zero-order valence-electron chi connectivity index (χ0n) is 10.8. The van der Waals surface area contributed by atoms with Crippen molar-refractivity contribution in [3.63, 3.8) is 0 Å². The molecule has 0 saturated heterocycles. The third-order valence-corrected chi connectivity index (χ3v) is 2.93. The van der Waals surface area contributed by atoms with E-state index in [4.69, 9.17) is 16.3 Å². The molecule has 0 bridgehead atoms. The number of halogens is 1. The Kier molecular flexibility index (Phi) is 5.12. The molecular weight excluding hydrogens is 262 g/mol. The number of rotatable bonds is 6. The smallest absolute Gasteiger partial charge is 0.134 e. The summed E-state index contributed by atoms with van der Waals surface area (Å²) in [7, 11) is 1.69. The van der Waals surface area contributed by atoms with Crippen LogP contribution in [-0.4, -0.2) is 30.2 Å². The maximum Gasteiger partial charge on any atom is 0.134 e. The van der Waals surface area contributed by atoms with Crippen LogP contribution >= 0.6 is 11.6 Å². The largest absolute Gasteiger partial charge is 0.383 e. The minimum absolute atomic E-state index is 0.445. The van der Waals surface area contributed by atoms with Crippen LogP contribution < -0.4 is 4.90 Å². The lowest BCUT2D eigenvalue weighted by molar-refractivity contribution is 0.205. The van der Waals surface area contributed by atoms with Gasteiger partial charge in [0.15, 0.2) is 0 Å². The Labute approximate surface area is 118 Å². The number of hydrogen-bond acceptors (Lipinski definition) is 4. The van der Waals surface area contributed by atoms with E-state index in [1.54, 1.807) is 13.2 Å². The van der Waals surface area contributed by atoms with Crippen LogP contribution in [0, 0.1) is 0 Å². The summed E-state index contributed by atoms with van der Waals surface area (Å²) in [6.07, 6.45) is 1.47. The molecule has 0 saturated carbocycles. The molecule has 1 aromatic carbocycles. The van der Waals surface area contributed by atoms with Crippen molar-refractivity contribution >= 4 is 17.4 Å². The molecule has 0 unspecified atom stereocenters. The van der Waals surface area contributed by atoms with E-state index in [9.17, 15) is 0 Å². The summed E-state index contributed by atoms with van der Waals surface area (Å²) in [5.41, 5.74) is 1.22. The number of hydrogen-bond donors (Lipinski definition) is 0. The van der Waals surface area contributed by atoms with E-state index in [1.165, 1.54) is 11.9 Å². The normalized spacial score (nSPS) is 10.4. The Morgan fingerprint density at radius 1 is 1.21 bits per heavy atom. The van der Waals surface area contributed by atoms with Crippen LogP contribution in [0.25, 0.3) is 0 Å². The van der Waals surface area contributed by atoms with Gasteiger partial charge in [0.05, 0.1) is 6.61 Å². The van der Waals surface area contributed by atoms with Gasteiger partial charge in [-0.15, -0.1) is 0 Å². The lowest BCUT2D eigenvalue weighted by Crippen LogP contribution is -2.27. The number of ether oxygens (including phenoxy) is 1. The minimum atomic E-state index is 0.445. The van der Waals surface area contributed by atoms with E-state index in [-0.39, 0.29) is 0 Å². The van der Waals surface area contributed by atoms with E-state index < -0.39 is 0 Å². The first-order chi connectivity index (χ1) is 9.29. The average Bonchev–Trinajstić information content (AvgIpc) is 2.44. The van der Waals surface area contributed by atoms with Crippen LogP contribution in [-0.2, 0) is 11.3 Å². The van der Waals surface area contributed by atoms with Crippen molar-refractivity contribution < 1.29 is 4.74 Å². The minimum Gasteiger partial charge on any atom is -0.383 e. The predicted octanol–water partition coefficient (Wildman–Crippen LogP) is 2.78. The van der Waals surface area contributed by atoms with E-state index in [2.05, 4.69) is 27.0 Å². The van der Waals surface area contributed by atoms with Crippen LogP contribution in [0.4, 0.5) is 5.82 Å². The van der Waals surface area contributed by atoms with Gasteiger partial charge in [0.1, 0.15) is 17.3 Å². The molecule has 0 aliphatic carbocycles. The molecule has 0 fully saturated rings. The van der Waals surface area contributed by atoms with Crippen molar-refractivity contribution in [2.24, 2.45) is 0 Å². The third kappa shape index (κ3) is 4.19. The number of nitrogens with zero attached hydrogens (tertiary/aromatic N) is 3. The molecule has 0 radical (unpaired) electrons. The first-order valence-corrected chi connectivity index (χ1v) is 6.43. The molecule has 4 nitrogen and oxygen atoms in total. The van der Waals surface area contributed by atoms with Crippen molar-refractivity contribution in [1.29, 1.82) is 0 Å². The maximum atomic E-state index is 5.92. The van der Waals surface area contributed by atoms with E-state index in [0.29, 0.717) is 11.8 Å². The van der Waals surface area contributed by atoms with E-state index >= 15 is 0 Å². The van der Waals surface area contributed by atoms with Crippen LogP contribution in [0.3, 0.4) is 0 Å². The second kappa shape index (κ2) is 7.07. The maximum absolute atomic E-state index is 5.92. The van der Waals surface area contributed by atoms with Crippen molar-refractivity contribution in [3.8, 4) is 0 Å². The summed E-state index contributed by atoms with van der Waals surface area (Å²) < 4.78 is 5.14. The summed E-state index contributed by atoms with van der Waals surface area (Å²) in [6, 6.07) is 12.0. The standard InChI is InChI=1S/C14H16ClN3O/c1-19-8-7-18(10-12-5-3-2-4-6-12)14-9-13(15)16-11-17-14/h2-6,9,11H,7-8,10H2,1H3. The molecule has 1 aromatic heterocycles. The molecule has 0 spiro atoms. The SMILES string of the molecule is COCCN(Cc1ccccc1)c1cc(Cl)ncn1. The molecule has 2 aromatic rings. The van der Waals surface area contributed by atoms with Gasteiger partial charge in [0.2, 0.25) is 0 Å². The topological polar surface area (TPSA) is 38.2 Å². The fraction of sp³-hybridized carbons (Fsp3) is 0.286. The van der Waals surface area contributed by atoms with Gasteiger partial charge in [0, 0.05) is 26.3 Å². The molecule has 1 heterocycles. The summed E-state index contributed by atoms with van der Waals surface area (Å²) in [4.78, 5) is 10.3. The summed E-state index contributed by atoms with van der Waals surface area (Å²) in [5, 5.41) is 0.445. The Bertz CT molecular complexity index is 507. The number of methoxy groups -OCH3 is 1. The summed E-state index contributed by atoms with van der Waals surface area (Å²) in [5.74, 6) is 0.806. The monoisotopic (exact) mass is 277 g/mol. The molecule has 0 amide bonds. The van der Waals surface area contributed by atoms with Crippen LogP contribution in [0.15, 0.2) is 42.7 Å². The Balaban J connectivity index is 2.16. The van der Waals surface area contributed by atoms with Crippen molar-refractivity contribution in [3.05, 3.63) is 53.4 Å². The highest BCUT2D eigenvalue weighted by Gasteiger charge is 2.09. The zero-order valence-corrected chi connectivity index (χ0v) is 11.5. The molecule has 100 valence electrons. The van der Waals surface area contributed by atoms with Crippen LogP contribution in [0.5, 0.6) is 0 Å². The third-order valence-electron chi connectivity index (χ3n) is 2.72. The van der Waals surface area contributed by atoms with Gasteiger partial charge in [-0.05, 0) is 5.56 Å². The van der Waals surface area contributed by atoms with Crippen LogP contribution in [0.1, 0.15) is 5.56 Å². The molecule has 0 aliphatic rings. The molecule has 19 heavy (non-hydrogen) atoms. The van der Waals surface area contributed by atoms with Gasteiger partial charge >= 0.3 is 0 Å². The lowest BCUT2D eigenvalue weighted by atomic mass is 10.2. The molecule has 0 atom stereocenters. The second-order valence-corrected chi connectivity index (χ2v) is 4.49. The zero-order chi connectivity index (χ0) is 13.5. The first-order valence-electron chi connectivity index (χ1n) is 6.05. The quantitative estimate of drug-likeness (QED) is 0.761. The van der Waals surface area contributed by atoms with Gasteiger partial charge in [-0.2, -0.15) is 0 Å². The summed E-state index contributed by atoms with van der Waals surface area (Å²) in [6.45, 7) is 2.14. The molecular formula is C14H16ClN3O. The Morgan fingerprint density at radius 3 is 2.68 bits per heavy atom. The van der Waals surface area contributed by atoms with Crippen molar-refractivity contribution in [1.82, 2.24) is 9.97 Å². The fourth-order valence-electron chi connectivity index (χ4n) is 1.78. The van der Waals surface area contributed by atoms with Crippen molar-refractivity contribution in [2.75, 3.05) is 25.2 Å². The van der Waals surface area contributed by atoms with Gasteiger partial charge in [-0.3, -0.25) is 0 Å². The number of benzene rings is 1. The highest BCUT2D eigenvalue weighted by atomic mass is 35.5. The predicted molar refractivity (Wildman–Crippen MR) is 76.4 cm³/mol. The van der Waals surface area contributed by atoms with Gasteiger partial charge in [0.25, 0.3) is 0 Å². The highest BCUT2D eigenvalue weighted by molar-refractivity contribution is 6.29. The van der Waals surface area contributed by atoms with Crippen LogP contribution in [0.2, 0.25) is 5.15 Å².